The van der Waals surface area contributed by atoms with Crippen molar-refractivity contribution in [2.24, 2.45) is 0 Å². The maximum atomic E-state index is 5.77. The minimum Gasteiger partial charge on any atom is -0.393 e. The smallest absolute Gasteiger partial charge is 0.157 e. The summed E-state index contributed by atoms with van der Waals surface area (Å²) in [6.45, 7) is 2.36. The molecule has 88 valence electrons. The molecule has 0 aliphatic heterocycles. The fourth-order valence-electron chi connectivity index (χ4n) is 1.20. The van der Waals surface area contributed by atoms with Crippen LogP contribution in [-0.2, 0) is 6.54 Å². The second-order valence-electron chi connectivity index (χ2n) is 3.43. The van der Waals surface area contributed by atoms with E-state index in [-0.39, 0.29) is 5.15 Å². The summed E-state index contributed by atoms with van der Waals surface area (Å²) in [5.41, 5.74) is 7.71. The molecule has 0 aromatic carbocycles. The molecule has 7 heteroatoms. The van der Waals surface area contributed by atoms with Gasteiger partial charge in [-0.15, -0.1) is 0 Å². The maximum absolute atomic E-state index is 5.77. The zero-order chi connectivity index (χ0) is 12.3. The molecule has 0 radical (unpaired) electrons. The minimum absolute atomic E-state index is 0.234. The average molecular weight is 251 g/mol. The van der Waals surface area contributed by atoms with Crippen LogP contribution in [-0.4, -0.2) is 19.9 Å². The molecule has 17 heavy (non-hydrogen) atoms. The zero-order valence-corrected chi connectivity index (χ0v) is 9.94. The number of halogens is 1. The lowest BCUT2D eigenvalue weighted by Gasteiger charge is -2.07. The van der Waals surface area contributed by atoms with Crippen LogP contribution in [0.4, 0.5) is 11.5 Å². The molecule has 0 saturated heterocycles. The number of aromatic nitrogens is 4. The van der Waals surface area contributed by atoms with Gasteiger partial charge in [0.25, 0.3) is 0 Å². The number of nitrogen functional groups attached to an aromatic ring is 1. The van der Waals surface area contributed by atoms with Crippen molar-refractivity contribution in [3.63, 3.8) is 0 Å². The predicted molar refractivity (Wildman–Crippen MR) is 65.6 cm³/mol. The van der Waals surface area contributed by atoms with E-state index in [1.54, 1.807) is 12.4 Å². The Hall–Kier alpha value is -1.95. The summed E-state index contributed by atoms with van der Waals surface area (Å²) in [7, 11) is 0. The van der Waals surface area contributed by atoms with Crippen LogP contribution in [0.2, 0.25) is 5.15 Å². The van der Waals surface area contributed by atoms with Gasteiger partial charge in [-0.2, -0.15) is 0 Å². The summed E-state index contributed by atoms with van der Waals surface area (Å²) in [6, 6.07) is 0. The first-order chi connectivity index (χ1) is 8.16. The van der Waals surface area contributed by atoms with Gasteiger partial charge in [-0.25, -0.2) is 9.97 Å². The van der Waals surface area contributed by atoms with Gasteiger partial charge in [-0.1, -0.05) is 11.6 Å². The SMILES string of the molecule is Cc1cnc(CNc2ncnc(Cl)c2N)cn1. The number of nitrogens with two attached hydrogens (primary N) is 1. The van der Waals surface area contributed by atoms with Gasteiger partial charge in [-0.3, -0.25) is 9.97 Å². The molecule has 0 aliphatic rings. The Labute approximate surface area is 103 Å². The van der Waals surface area contributed by atoms with Crippen LogP contribution in [0.3, 0.4) is 0 Å². The van der Waals surface area contributed by atoms with E-state index >= 15 is 0 Å². The first-order valence-corrected chi connectivity index (χ1v) is 5.32. The first-order valence-electron chi connectivity index (χ1n) is 4.94. The van der Waals surface area contributed by atoms with Gasteiger partial charge in [0.1, 0.15) is 12.0 Å². The van der Waals surface area contributed by atoms with Crippen LogP contribution in [0.25, 0.3) is 0 Å². The lowest BCUT2D eigenvalue weighted by Crippen LogP contribution is -2.07. The molecule has 3 N–H and O–H groups in total. The summed E-state index contributed by atoms with van der Waals surface area (Å²) in [5, 5.41) is 3.26. The van der Waals surface area contributed by atoms with Crippen molar-refractivity contribution < 1.29 is 0 Å². The van der Waals surface area contributed by atoms with Crippen LogP contribution in [0.15, 0.2) is 18.7 Å². The molecule has 0 amide bonds. The Kier molecular flexibility index (Phi) is 3.34. The molecule has 2 aromatic heterocycles. The standard InChI is InChI=1S/C10H11ClN6/c1-6-2-14-7(3-13-6)4-15-10-8(12)9(11)16-5-17-10/h2-3,5H,4,12H2,1H3,(H,15,16,17). The van der Waals surface area contributed by atoms with Crippen LogP contribution in [0.5, 0.6) is 0 Å². The van der Waals surface area contributed by atoms with Gasteiger partial charge < -0.3 is 11.1 Å². The highest BCUT2D eigenvalue weighted by molar-refractivity contribution is 6.32. The molecule has 0 aliphatic carbocycles. The highest BCUT2D eigenvalue weighted by atomic mass is 35.5. The van der Waals surface area contributed by atoms with Crippen molar-refractivity contribution in [1.29, 1.82) is 0 Å². The summed E-state index contributed by atoms with van der Waals surface area (Å²) < 4.78 is 0. The van der Waals surface area contributed by atoms with Gasteiger partial charge in [0.05, 0.1) is 24.1 Å². The number of hydrogen-bond donors (Lipinski definition) is 2. The third-order valence-electron chi connectivity index (χ3n) is 2.11. The summed E-state index contributed by atoms with van der Waals surface area (Å²) in [6.07, 6.45) is 4.75. The second-order valence-corrected chi connectivity index (χ2v) is 3.79. The van der Waals surface area contributed by atoms with Crippen LogP contribution in [0, 0.1) is 6.92 Å². The number of rotatable bonds is 3. The largest absolute Gasteiger partial charge is 0.393 e. The van der Waals surface area contributed by atoms with Crippen molar-refractivity contribution in [1.82, 2.24) is 19.9 Å². The number of anilines is 2. The van der Waals surface area contributed by atoms with Crippen molar-refractivity contribution in [2.45, 2.75) is 13.5 Å². The lowest BCUT2D eigenvalue weighted by molar-refractivity contribution is 0.974. The maximum Gasteiger partial charge on any atom is 0.157 e. The Bertz CT molecular complexity index is 513. The molecule has 0 unspecified atom stereocenters. The Morgan fingerprint density at radius 3 is 2.76 bits per heavy atom. The molecule has 2 rings (SSSR count). The number of nitrogens with zero attached hydrogens (tertiary/aromatic N) is 4. The van der Waals surface area contributed by atoms with Crippen molar-refractivity contribution in [2.75, 3.05) is 11.1 Å². The van der Waals surface area contributed by atoms with E-state index in [4.69, 9.17) is 17.3 Å². The van der Waals surface area contributed by atoms with E-state index in [1.165, 1.54) is 6.33 Å². The zero-order valence-electron chi connectivity index (χ0n) is 9.18. The average Bonchev–Trinajstić information content (AvgIpc) is 2.33. The number of aryl methyl sites for hydroxylation is 1. The van der Waals surface area contributed by atoms with E-state index in [0.29, 0.717) is 18.1 Å². The molecule has 0 spiro atoms. The molecule has 0 atom stereocenters. The number of hydrogen-bond acceptors (Lipinski definition) is 6. The van der Waals surface area contributed by atoms with E-state index in [2.05, 4.69) is 25.3 Å². The molecular formula is C10H11ClN6. The summed E-state index contributed by atoms with van der Waals surface area (Å²) in [4.78, 5) is 16.1. The minimum atomic E-state index is 0.234. The normalized spacial score (nSPS) is 10.2. The predicted octanol–water partition coefficient (Wildman–Crippen LogP) is 1.42. The Balaban J connectivity index is 2.07. The molecule has 0 fully saturated rings. The van der Waals surface area contributed by atoms with Crippen molar-refractivity contribution in [3.8, 4) is 0 Å². The molecule has 0 saturated carbocycles. The highest BCUT2D eigenvalue weighted by Gasteiger charge is 2.05. The van der Waals surface area contributed by atoms with Gasteiger partial charge >= 0.3 is 0 Å². The van der Waals surface area contributed by atoms with Crippen LogP contribution < -0.4 is 11.1 Å². The van der Waals surface area contributed by atoms with E-state index in [0.717, 1.165) is 11.4 Å². The number of nitrogens with one attached hydrogen (secondary N) is 1. The Morgan fingerprint density at radius 2 is 2.06 bits per heavy atom. The fraction of sp³-hybridized carbons (Fsp3) is 0.200. The van der Waals surface area contributed by atoms with Gasteiger partial charge in [0.15, 0.2) is 11.0 Å². The third kappa shape index (κ3) is 2.79. The fourth-order valence-corrected chi connectivity index (χ4v) is 1.33. The third-order valence-corrected chi connectivity index (χ3v) is 2.41. The van der Waals surface area contributed by atoms with Crippen molar-refractivity contribution >= 4 is 23.1 Å². The Morgan fingerprint density at radius 1 is 1.24 bits per heavy atom. The molecule has 0 bridgehead atoms. The van der Waals surface area contributed by atoms with E-state index in [1.807, 2.05) is 6.92 Å². The van der Waals surface area contributed by atoms with Gasteiger partial charge in [0, 0.05) is 6.20 Å². The van der Waals surface area contributed by atoms with E-state index in [9.17, 15) is 0 Å². The quantitative estimate of drug-likeness (QED) is 0.801. The summed E-state index contributed by atoms with van der Waals surface area (Å²) >= 11 is 5.77. The lowest BCUT2D eigenvalue weighted by atomic mass is 10.4. The molecule has 2 heterocycles. The highest BCUT2D eigenvalue weighted by Crippen LogP contribution is 2.21. The van der Waals surface area contributed by atoms with Crippen molar-refractivity contribution in [3.05, 3.63) is 35.3 Å². The molecule has 6 nitrogen and oxygen atoms in total. The van der Waals surface area contributed by atoms with Gasteiger partial charge in [-0.05, 0) is 6.92 Å². The van der Waals surface area contributed by atoms with Gasteiger partial charge in [0.2, 0.25) is 0 Å². The van der Waals surface area contributed by atoms with Crippen LogP contribution in [0.1, 0.15) is 11.4 Å². The van der Waals surface area contributed by atoms with Crippen LogP contribution >= 0.6 is 11.6 Å². The second kappa shape index (κ2) is 4.92. The first kappa shape index (κ1) is 11.5. The monoisotopic (exact) mass is 250 g/mol. The van der Waals surface area contributed by atoms with E-state index < -0.39 is 0 Å². The summed E-state index contributed by atoms with van der Waals surface area (Å²) in [5.74, 6) is 0.493. The molecular weight excluding hydrogens is 240 g/mol. The topological polar surface area (TPSA) is 89.6 Å². The molecule has 2 aromatic rings.